The van der Waals surface area contributed by atoms with Crippen molar-refractivity contribution in [3.8, 4) is 0 Å². The molecule has 0 aromatic carbocycles. The maximum absolute atomic E-state index is 4.36. The van der Waals surface area contributed by atoms with E-state index in [2.05, 4.69) is 15.3 Å². The van der Waals surface area contributed by atoms with Gasteiger partial charge in [-0.1, -0.05) is 0 Å². The summed E-state index contributed by atoms with van der Waals surface area (Å²) in [6.45, 7) is 2.40. The number of nitrogens with one attached hydrogen (secondary N) is 1. The summed E-state index contributed by atoms with van der Waals surface area (Å²) in [5.74, 6) is 3.43. The average molecular weight is 189 g/mol. The summed E-state index contributed by atoms with van der Waals surface area (Å²) >= 11 is 0. The average Bonchev–Trinajstić information content (AvgIpc) is 2.78. The van der Waals surface area contributed by atoms with E-state index in [1.54, 1.807) is 0 Å². The van der Waals surface area contributed by atoms with Crippen LogP contribution in [0, 0.1) is 11.8 Å². The summed E-state index contributed by atoms with van der Waals surface area (Å²) in [5, 5.41) is 3.46. The van der Waals surface area contributed by atoms with E-state index >= 15 is 0 Å². The minimum Gasteiger partial charge on any atom is -0.316 e. The Morgan fingerprint density at radius 2 is 1.71 bits per heavy atom. The lowest BCUT2D eigenvalue weighted by Crippen LogP contribution is -2.12. The minimum atomic E-state index is 0.619. The van der Waals surface area contributed by atoms with Crippen LogP contribution in [0.5, 0.6) is 0 Å². The first-order valence-corrected chi connectivity index (χ1v) is 5.41. The molecular weight excluding hydrogens is 174 g/mol. The first-order valence-electron chi connectivity index (χ1n) is 5.41. The zero-order valence-corrected chi connectivity index (χ0v) is 8.19. The molecule has 74 valence electrons. The van der Waals surface area contributed by atoms with Crippen molar-refractivity contribution < 1.29 is 0 Å². The van der Waals surface area contributed by atoms with Crippen molar-refractivity contribution in [1.29, 1.82) is 0 Å². The van der Waals surface area contributed by atoms with Gasteiger partial charge in [-0.3, -0.25) is 0 Å². The van der Waals surface area contributed by atoms with Crippen molar-refractivity contribution in [2.24, 2.45) is 11.8 Å². The predicted molar refractivity (Wildman–Crippen MR) is 53.9 cm³/mol. The summed E-state index contributed by atoms with van der Waals surface area (Å²) in [7, 11) is 0. The Hall–Kier alpha value is -0.960. The van der Waals surface area contributed by atoms with E-state index in [9.17, 15) is 0 Å². The standard InChI is InChI=1S/C11H15N3/c1-2-13-11(14-3-1)8-4-9-6-12-7-10(9)5-8/h1-3,8-10,12H,4-7H2/t9-,10-/m0/s1. The van der Waals surface area contributed by atoms with Gasteiger partial charge in [0.25, 0.3) is 0 Å². The van der Waals surface area contributed by atoms with Gasteiger partial charge in [0.1, 0.15) is 5.82 Å². The third kappa shape index (κ3) is 1.32. The highest BCUT2D eigenvalue weighted by Gasteiger charge is 2.38. The van der Waals surface area contributed by atoms with E-state index in [0.29, 0.717) is 5.92 Å². The highest BCUT2D eigenvalue weighted by Crippen LogP contribution is 2.42. The molecule has 2 heterocycles. The van der Waals surface area contributed by atoms with Gasteiger partial charge in [-0.15, -0.1) is 0 Å². The molecule has 1 N–H and O–H groups in total. The fraction of sp³-hybridized carbons (Fsp3) is 0.636. The zero-order chi connectivity index (χ0) is 9.38. The number of rotatable bonds is 1. The number of aromatic nitrogens is 2. The van der Waals surface area contributed by atoms with Crippen molar-refractivity contribution in [2.45, 2.75) is 18.8 Å². The molecule has 0 unspecified atom stereocenters. The SMILES string of the molecule is c1cnc(C2C[C@H]3CNC[C@@H]3C2)nc1. The Balaban J connectivity index is 1.77. The predicted octanol–water partition coefficient (Wildman–Crippen LogP) is 1.19. The van der Waals surface area contributed by atoms with Crippen LogP contribution in [0.3, 0.4) is 0 Å². The van der Waals surface area contributed by atoms with Gasteiger partial charge in [0.05, 0.1) is 0 Å². The van der Waals surface area contributed by atoms with Gasteiger partial charge in [-0.2, -0.15) is 0 Å². The molecule has 0 amide bonds. The summed E-state index contributed by atoms with van der Waals surface area (Å²) in [6.07, 6.45) is 6.27. The molecule has 0 radical (unpaired) electrons. The van der Waals surface area contributed by atoms with Crippen LogP contribution < -0.4 is 5.32 Å². The van der Waals surface area contributed by atoms with Gasteiger partial charge in [0.15, 0.2) is 0 Å². The monoisotopic (exact) mass is 189 g/mol. The first kappa shape index (κ1) is 8.36. The van der Waals surface area contributed by atoms with Gasteiger partial charge in [-0.05, 0) is 43.8 Å². The molecule has 1 saturated heterocycles. The van der Waals surface area contributed by atoms with Gasteiger partial charge < -0.3 is 5.32 Å². The quantitative estimate of drug-likeness (QED) is 0.721. The Morgan fingerprint density at radius 3 is 2.36 bits per heavy atom. The second-order valence-corrected chi connectivity index (χ2v) is 4.45. The van der Waals surface area contributed by atoms with Gasteiger partial charge in [0, 0.05) is 18.3 Å². The van der Waals surface area contributed by atoms with Crippen LogP contribution in [0.4, 0.5) is 0 Å². The second-order valence-electron chi connectivity index (χ2n) is 4.45. The molecule has 14 heavy (non-hydrogen) atoms. The lowest BCUT2D eigenvalue weighted by molar-refractivity contribution is 0.494. The maximum atomic E-state index is 4.36. The molecule has 2 fully saturated rings. The highest BCUT2D eigenvalue weighted by atomic mass is 14.9. The van der Waals surface area contributed by atoms with Crippen molar-refractivity contribution in [3.63, 3.8) is 0 Å². The fourth-order valence-corrected chi connectivity index (χ4v) is 2.90. The number of fused-ring (bicyclic) bond motifs is 1. The van der Waals surface area contributed by atoms with Crippen molar-refractivity contribution in [1.82, 2.24) is 15.3 Å². The molecule has 2 atom stereocenters. The Morgan fingerprint density at radius 1 is 1.07 bits per heavy atom. The lowest BCUT2D eigenvalue weighted by Gasteiger charge is -2.08. The molecule has 0 spiro atoms. The topological polar surface area (TPSA) is 37.8 Å². The number of hydrogen-bond acceptors (Lipinski definition) is 3. The van der Waals surface area contributed by atoms with E-state index in [-0.39, 0.29) is 0 Å². The maximum Gasteiger partial charge on any atom is 0.131 e. The Labute approximate surface area is 84.0 Å². The third-order valence-electron chi connectivity index (χ3n) is 3.61. The minimum absolute atomic E-state index is 0.619. The highest BCUT2D eigenvalue weighted by molar-refractivity contribution is 5.04. The summed E-state index contributed by atoms with van der Waals surface area (Å²) < 4.78 is 0. The Bertz CT molecular complexity index is 300. The van der Waals surface area contributed by atoms with Crippen LogP contribution in [0.15, 0.2) is 18.5 Å². The van der Waals surface area contributed by atoms with Crippen LogP contribution >= 0.6 is 0 Å². The van der Waals surface area contributed by atoms with E-state index < -0.39 is 0 Å². The molecule has 1 aromatic heterocycles. The molecule has 3 rings (SSSR count). The molecule has 1 saturated carbocycles. The summed E-state index contributed by atoms with van der Waals surface area (Å²) in [6, 6.07) is 1.89. The lowest BCUT2D eigenvalue weighted by atomic mass is 10.0. The molecule has 3 heteroatoms. The van der Waals surface area contributed by atoms with E-state index in [1.165, 1.54) is 25.9 Å². The normalized spacial score (nSPS) is 32.0. The van der Waals surface area contributed by atoms with Crippen molar-refractivity contribution in [3.05, 3.63) is 24.3 Å². The van der Waals surface area contributed by atoms with Gasteiger partial charge >= 0.3 is 0 Å². The van der Waals surface area contributed by atoms with Crippen LogP contribution in [0.25, 0.3) is 0 Å². The van der Waals surface area contributed by atoms with Crippen molar-refractivity contribution >= 4 is 0 Å². The van der Waals surface area contributed by atoms with Gasteiger partial charge in [0.2, 0.25) is 0 Å². The summed E-state index contributed by atoms with van der Waals surface area (Å²) in [5.41, 5.74) is 0. The number of hydrogen-bond donors (Lipinski definition) is 1. The largest absolute Gasteiger partial charge is 0.316 e. The van der Waals surface area contributed by atoms with Crippen molar-refractivity contribution in [2.75, 3.05) is 13.1 Å². The van der Waals surface area contributed by atoms with Crippen LogP contribution in [-0.2, 0) is 0 Å². The third-order valence-corrected chi connectivity index (χ3v) is 3.61. The van der Waals surface area contributed by atoms with E-state index in [1.807, 2.05) is 18.5 Å². The van der Waals surface area contributed by atoms with Crippen LogP contribution in [0.2, 0.25) is 0 Å². The molecule has 1 aliphatic heterocycles. The zero-order valence-electron chi connectivity index (χ0n) is 8.19. The van der Waals surface area contributed by atoms with Crippen LogP contribution in [-0.4, -0.2) is 23.1 Å². The smallest absolute Gasteiger partial charge is 0.131 e. The molecule has 2 aliphatic rings. The molecule has 1 aromatic rings. The molecule has 1 aliphatic carbocycles. The van der Waals surface area contributed by atoms with E-state index in [4.69, 9.17) is 0 Å². The Kier molecular flexibility index (Phi) is 1.98. The second kappa shape index (κ2) is 3.31. The molecular formula is C11H15N3. The van der Waals surface area contributed by atoms with Gasteiger partial charge in [-0.25, -0.2) is 9.97 Å². The first-order chi connectivity index (χ1) is 6.93. The van der Waals surface area contributed by atoms with Crippen LogP contribution in [0.1, 0.15) is 24.6 Å². The van der Waals surface area contributed by atoms with E-state index in [0.717, 1.165) is 17.7 Å². The molecule has 3 nitrogen and oxygen atoms in total. The fourth-order valence-electron chi connectivity index (χ4n) is 2.90. The summed E-state index contributed by atoms with van der Waals surface area (Å²) in [4.78, 5) is 8.71. The molecule has 0 bridgehead atoms. The number of nitrogens with zero attached hydrogens (tertiary/aromatic N) is 2.